The minimum absolute atomic E-state index is 0.0449. The van der Waals surface area contributed by atoms with Crippen molar-refractivity contribution in [1.82, 2.24) is 5.32 Å². The third kappa shape index (κ3) is 9.90. The summed E-state index contributed by atoms with van der Waals surface area (Å²) in [5.41, 5.74) is 0.569. The Labute approximate surface area is 122 Å². The third-order valence-electron chi connectivity index (χ3n) is 2.93. The molecule has 0 rings (SSSR count). The summed E-state index contributed by atoms with van der Waals surface area (Å²) in [6.07, 6.45) is 1.10. The van der Waals surface area contributed by atoms with Crippen molar-refractivity contribution in [3.05, 3.63) is 12.2 Å². The van der Waals surface area contributed by atoms with Gasteiger partial charge in [0.1, 0.15) is 0 Å². The number of nitrogens with one attached hydrogen (secondary N) is 1. The van der Waals surface area contributed by atoms with E-state index in [1.807, 2.05) is 0 Å². The number of nitrogens with zero attached hydrogens (tertiary/aromatic N) is 1. The van der Waals surface area contributed by atoms with E-state index in [1.165, 1.54) is 0 Å². The van der Waals surface area contributed by atoms with Crippen LogP contribution < -0.4 is 5.32 Å². The largest absolute Gasteiger partial charge is 0.726 e. The van der Waals surface area contributed by atoms with E-state index in [-0.39, 0.29) is 12.1 Å². The average molecular weight is 310 g/mol. The predicted molar refractivity (Wildman–Crippen MR) is 76.4 cm³/mol. The van der Waals surface area contributed by atoms with Crippen LogP contribution in [0.2, 0.25) is 0 Å². The van der Waals surface area contributed by atoms with Crippen LogP contribution in [0.4, 0.5) is 0 Å². The van der Waals surface area contributed by atoms with E-state index in [1.54, 1.807) is 6.92 Å². The van der Waals surface area contributed by atoms with Crippen molar-refractivity contribution in [3.8, 4) is 0 Å². The van der Waals surface area contributed by atoms with Crippen molar-refractivity contribution in [2.45, 2.75) is 33.4 Å². The molecule has 0 bridgehead atoms. The Hall–Kier alpha value is -0.960. The molecule has 20 heavy (non-hydrogen) atoms. The van der Waals surface area contributed by atoms with E-state index in [4.69, 9.17) is 0 Å². The number of rotatable bonds is 6. The number of hydrogen-bond donors (Lipinski definition) is 1. The highest BCUT2D eigenvalue weighted by Gasteiger charge is 2.26. The molecule has 1 amide bonds. The lowest BCUT2D eigenvalue weighted by atomic mass is 10.2. The highest BCUT2D eigenvalue weighted by atomic mass is 32.3. The fourth-order valence-corrected chi connectivity index (χ4v) is 1.27. The Balaban J connectivity index is 0. The molecule has 0 aromatic carbocycles. The molecule has 0 fully saturated rings. The summed E-state index contributed by atoms with van der Waals surface area (Å²) < 4.78 is 31.8. The van der Waals surface area contributed by atoms with Gasteiger partial charge in [-0.15, -0.1) is 0 Å². The van der Waals surface area contributed by atoms with E-state index < -0.39 is 10.4 Å². The number of quaternary nitrogens is 1. The molecular formula is C12H26N2O5S. The van der Waals surface area contributed by atoms with Crippen molar-refractivity contribution in [2.24, 2.45) is 0 Å². The van der Waals surface area contributed by atoms with Crippen LogP contribution in [0.15, 0.2) is 12.2 Å². The molecule has 8 heteroatoms. The summed E-state index contributed by atoms with van der Waals surface area (Å²) in [4.78, 5) is 11.5. The maximum Gasteiger partial charge on any atom is 0.250 e. The average Bonchev–Trinajstić information content (AvgIpc) is 2.34. The summed E-state index contributed by atoms with van der Waals surface area (Å²) in [6.45, 7) is 10.6. The molecule has 0 saturated heterocycles. The van der Waals surface area contributed by atoms with Gasteiger partial charge in [0.05, 0.1) is 27.7 Å². The summed E-state index contributed by atoms with van der Waals surface area (Å²) in [7, 11) is 0.632. The van der Waals surface area contributed by atoms with Crippen molar-refractivity contribution in [1.29, 1.82) is 0 Å². The Morgan fingerprint density at radius 1 is 1.40 bits per heavy atom. The van der Waals surface area contributed by atoms with Gasteiger partial charge in [0.25, 0.3) is 5.91 Å². The highest BCUT2D eigenvalue weighted by molar-refractivity contribution is 7.80. The van der Waals surface area contributed by atoms with Gasteiger partial charge < -0.3 is 14.4 Å². The molecule has 0 aliphatic carbocycles. The molecule has 0 heterocycles. The molecule has 0 spiro atoms. The molecule has 0 saturated carbocycles. The van der Waals surface area contributed by atoms with Crippen LogP contribution in [-0.4, -0.2) is 57.3 Å². The van der Waals surface area contributed by atoms with Crippen LogP contribution in [0.25, 0.3) is 0 Å². The van der Waals surface area contributed by atoms with Gasteiger partial charge in [0.15, 0.2) is 6.17 Å². The maximum atomic E-state index is 11.5. The van der Waals surface area contributed by atoms with Gasteiger partial charge in [-0.25, -0.2) is 8.42 Å². The van der Waals surface area contributed by atoms with Crippen LogP contribution in [-0.2, 0) is 19.4 Å². The van der Waals surface area contributed by atoms with Crippen molar-refractivity contribution in [2.75, 3.05) is 27.7 Å². The van der Waals surface area contributed by atoms with E-state index in [9.17, 15) is 17.8 Å². The van der Waals surface area contributed by atoms with Crippen LogP contribution in [0.1, 0.15) is 27.2 Å². The summed E-state index contributed by atoms with van der Waals surface area (Å²) in [5.74, 6) is -0.0449. The Kier molecular flexibility index (Phi) is 9.67. The standard InChI is InChI=1S/C11H22N2O.CH4O4S/c1-7-10(13(5,6)8-2)12-11(14)9(3)4;1-5-6(2,3)4/h10H,3,7-8H2,1-2,4-6H3;1H3,(H,2,3,4). The maximum absolute atomic E-state index is 11.5. The fourth-order valence-electron chi connectivity index (χ4n) is 1.27. The summed E-state index contributed by atoms with van der Waals surface area (Å²) in [6, 6.07) is 0. The molecule has 0 radical (unpaired) electrons. The first kappa shape index (κ1) is 21.3. The van der Waals surface area contributed by atoms with Crippen molar-refractivity contribution >= 4 is 16.3 Å². The van der Waals surface area contributed by atoms with Crippen LogP contribution in [0.5, 0.6) is 0 Å². The monoisotopic (exact) mass is 310 g/mol. The Morgan fingerprint density at radius 3 is 2.00 bits per heavy atom. The second-order valence-corrected chi connectivity index (χ2v) is 6.00. The van der Waals surface area contributed by atoms with Crippen LogP contribution in [0.3, 0.4) is 0 Å². The number of hydrogen-bond acceptors (Lipinski definition) is 5. The van der Waals surface area contributed by atoms with Crippen molar-refractivity contribution < 1.29 is 26.4 Å². The van der Waals surface area contributed by atoms with Gasteiger partial charge in [0.2, 0.25) is 10.4 Å². The SMILES string of the molecule is C=C(C)C(=O)NC(CC)[N+](C)(C)CC.COS(=O)(=O)[O-]. The molecule has 0 aliphatic heterocycles. The molecule has 0 aliphatic rings. The van der Waals surface area contributed by atoms with Gasteiger partial charge in [0, 0.05) is 12.0 Å². The topological polar surface area (TPSA) is 95.5 Å². The lowest BCUT2D eigenvalue weighted by Gasteiger charge is -2.36. The first-order valence-corrected chi connectivity index (χ1v) is 7.55. The van der Waals surface area contributed by atoms with E-state index in [0.717, 1.165) is 24.6 Å². The molecular weight excluding hydrogens is 284 g/mol. The number of carbonyl (C=O) groups excluding carboxylic acids is 1. The third-order valence-corrected chi connectivity index (χ3v) is 3.34. The van der Waals surface area contributed by atoms with Gasteiger partial charge in [-0.1, -0.05) is 13.5 Å². The van der Waals surface area contributed by atoms with E-state index in [2.05, 4.69) is 44.0 Å². The second-order valence-electron chi connectivity index (χ2n) is 4.85. The lowest BCUT2D eigenvalue weighted by Crippen LogP contribution is -2.57. The Bertz CT molecular complexity index is 418. The molecule has 0 aromatic heterocycles. The van der Waals surface area contributed by atoms with E-state index in [0.29, 0.717) is 5.57 Å². The van der Waals surface area contributed by atoms with Crippen molar-refractivity contribution in [3.63, 3.8) is 0 Å². The van der Waals surface area contributed by atoms with Gasteiger partial charge in [-0.3, -0.25) is 8.98 Å². The number of carbonyl (C=O) groups is 1. The normalized spacial score (nSPS) is 12.9. The summed E-state index contributed by atoms with van der Waals surface area (Å²) >= 11 is 0. The molecule has 120 valence electrons. The first-order valence-electron chi connectivity index (χ1n) is 6.21. The minimum Gasteiger partial charge on any atom is -0.726 e. The zero-order valence-electron chi connectivity index (χ0n) is 13.1. The fraction of sp³-hybridized carbons (Fsp3) is 0.750. The van der Waals surface area contributed by atoms with Gasteiger partial charge in [-0.05, 0) is 13.8 Å². The minimum atomic E-state index is -4.41. The summed E-state index contributed by atoms with van der Waals surface area (Å²) in [5, 5.41) is 2.99. The van der Waals surface area contributed by atoms with Gasteiger partial charge in [-0.2, -0.15) is 0 Å². The van der Waals surface area contributed by atoms with E-state index >= 15 is 0 Å². The highest BCUT2D eigenvalue weighted by Crippen LogP contribution is 2.07. The zero-order chi connectivity index (χ0) is 16.6. The molecule has 1 N–H and O–H groups in total. The molecule has 7 nitrogen and oxygen atoms in total. The van der Waals surface area contributed by atoms with Crippen LogP contribution >= 0.6 is 0 Å². The number of amides is 1. The quantitative estimate of drug-likeness (QED) is 0.255. The molecule has 0 aromatic rings. The zero-order valence-corrected chi connectivity index (χ0v) is 13.9. The van der Waals surface area contributed by atoms with Gasteiger partial charge >= 0.3 is 0 Å². The lowest BCUT2D eigenvalue weighted by molar-refractivity contribution is -0.915. The van der Waals surface area contributed by atoms with Crippen LogP contribution in [0, 0.1) is 0 Å². The smallest absolute Gasteiger partial charge is 0.250 e. The first-order chi connectivity index (χ1) is 8.91. The Morgan fingerprint density at radius 2 is 1.80 bits per heavy atom. The second kappa shape index (κ2) is 9.06. The molecule has 1 atom stereocenters. The molecule has 1 unspecified atom stereocenters. The predicted octanol–water partition coefficient (Wildman–Crippen LogP) is 0.604.